The van der Waals surface area contributed by atoms with Crippen LogP contribution in [0.15, 0.2) is 0 Å². The number of carbonyl (C=O) groups is 1. The zero-order valence-corrected chi connectivity index (χ0v) is 12.1. The molecule has 0 spiro atoms. The van der Waals surface area contributed by atoms with Crippen LogP contribution < -0.4 is 0 Å². The monoisotopic (exact) mass is 290 g/mol. The normalized spacial score (nSPS) is 23.5. The molecule has 0 bridgehead atoms. The summed E-state index contributed by atoms with van der Waals surface area (Å²) in [4.78, 5) is 10.6. The van der Waals surface area contributed by atoms with Gasteiger partial charge >= 0.3 is 5.97 Å². The van der Waals surface area contributed by atoms with Crippen LogP contribution in [0.4, 0.5) is 0 Å². The largest absolute Gasteiger partial charge is 0.481 e. The van der Waals surface area contributed by atoms with Gasteiger partial charge in [0.05, 0.1) is 6.42 Å². The SMILES string of the molecule is CN(C1CCCCC1)S(=O)(=O)N1CC(CC(=O)O)C1. The first-order chi connectivity index (χ1) is 8.91. The van der Waals surface area contributed by atoms with Crippen LogP contribution in [0.25, 0.3) is 0 Å². The van der Waals surface area contributed by atoms with Crippen molar-refractivity contribution in [2.45, 2.75) is 44.6 Å². The standard InChI is InChI=1S/C12H22N2O4S/c1-13(11-5-3-2-4-6-11)19(17,18)14-8-10(9-14)7-12(15)16/h10-11H,2-9H2,1H3,(H,15,16). The van der Waals surface area contributed by atoms with E-state index in [1.165, 1.54) is 15.0 Å². The molecule has 6 nitrogen and oxygen atoms in total. The summed E-state index contributed by atoms with van der Waals surface area (Å²) >= 11 is 0. The second-order valence-electron chi connectivity index (χ2n) is 5.60. The molecule has 2 aliphatic rings. The average Bonchev–Trinajstić information content (AvgIpc) is 2.33. The molecular weight excluding hydrogens is 268 g/mol. The van der Waals surface area contributed by atoms with Gasteiger partial charge in [0.2, 0.25) is 0 Å². The Morgan fingerprint density at radius 1 is 1.26 bits per heavy atom. The number of nitrogens with zero attached hydrogens (tertiary/aromatic N) is 2. The fourth-order valence-electron chi connectivity index (χ4n) is 2.90. The Morgan fingerprint density at radius 3 is 2.37 bits per heavy atom. The van der Waals surface area contributed by atoms with Crippen molar-refractivity contribution in [3.63, 3.8) is 0 Å². The summed E-state index contributed by atoms with van der Waals surface area (Å²) in [6.07, 6.45) is 5.29. The number of carboxylic acids is 1. The molecule has 1 saturated carbocycles. The third kappa shape index (κ3) is 3.27. The second kappa shape index (κ2) is 5.76. The Morgan fingerprint density at radius 2 is 1.84 bits per heavy atom. The van der Waals surface area contributed by atoms with Gasteiger partial charge in [0.15, 0.2) is 0 Å². The summed E-state index contributed by atoms with van der Waals surface area (Å²) < 4.78 is 27.6. The number of carboxylic acid groups (broad SMARTS) is 1. The number of hydrogen-bond donors (Lipinski definition) is 1. The Hall–Kier alpha value is -0.660. The fourth-order valence-corrected chi connectivity index (χ4v) is 4.65. The zero-order chi connectivity index (χ0) is 14.0. The van der Waals surface area contributed by atoms with Crippen LogP contribution in [0.1, 0.15) is 38.5 Å². The molecule has 0 unspecified atom stereocenters. The van der Waals surface area contributed by atoms with Crippen LogP contribution in [0, 0.1) is 5.92 Å². The van der Waals surface area contributed by atoms with Gasteiger partial charge in [0.1, 0.15) is 0 Å². The highest BCUT2D eigenvalue weighted by Crippen LogP contribution is 2.28. The van der Waals surface area contributed by atoms with E-state index in [2.05, 4.69) is 0 Å². The van der Waals surface area contributed by atoms with Crippen molar-refractivity contribution in [3.05, 3.63) is 0 Å². The van der Waals surface area contributed by atoms with Crippen LogP contribution in [0.2, 0.25) is 0 Å². The quantitative estimate of drug-likeness (QED) is 0.816. The van der Waals surface area contributed by atoms with E-state index >= 15 is 0 Å². The third-order valence-electron chi connectivity index (χ3n) is 4.17. The lowest BCUT2D eigenvalue weighted by molar-refractivity contribution is -0.139. The summed E-state index contributed by atoms with van der Waals surface area (Å²) in [5.41, 5.74) is 0. The summed E-state index contributed by atoms with van der Waals surface area (Å²) in [5, 5.41) is 8.67. The molecule has 110 valence electrons. The number of rotatable bonds is 5. The van der Waals surface area contributed by atoms with Crippen molar-refractivity contribution >= 4 is 16.2 Å². The maximum atomic E-state index is 12.3. The van der Waals surface area contributed by atoms with Gasteiger partial charge in [-0.05, 0) is 18.8 Å². The first-order valence-corrected chi connectivity index (χ1v) is 8.26. The average molecular weight is 290 g/mol. The van der Waals surface area contributed by atoms with E-state index in [1.54, 1.807) is 7.05 Å². The summed E-state index contributed by atoms with van der Waals surface area (Å²) in [7, 11) is -1.75. The van der Waals surface area contributed by atoms with E-state index in [0.717, 1.165) is 25.7 Å². The van der Waals surface area contributed by atoms with E-state index in [4.69, 9.17) is 5.11 Å². The van der Waals surface area contributed by atoms with Gasteiger partial charge in [0.25, 0.3) is 10.2 Å². The smallest absolute Gasteiger partial charge is 0.303 e. The predicted octanol–water partition coefficient (Wildman–Crippen LogP) is 0.902. The van der Waals surface area contributed by atoms with Crippen molar-refractivity contribution in [2.24, 2.45) is 5.92 Å². The Kier molecular flexibility index (Phi) is 4.47. The van der Waals surface area contributed by atoms with Gasteiger partial charge < -0.3 is 5.11 Å². The second-order valence-corrected chi connectivity index (χ2v) is 7.58. The highest BCUT2D eigenvalue weighted by molar-refractivity contribution is 7.86. The molecule has 1 aliphatic carbocycles. The van der Waals surface area contributed by atoms with E-state index in [1.807, 2.05) is 0 Å². The topological polar surface area (TPSA) is 77.9 Å². The minimum atomic E-state index is -3.40. The maximum Gasteiger partial charge on any atom is 0.303 e. The lowest BCUT2D eigenvalue weighted by Crippen LogP contribution is -2.56. The highest BCUT2D eigenvalue weighted by atomic mass is 32.2. The number of aliphatic carboxylic acids is 1. The summed E-state index contributed by atoms with van der Waals surface area (Å²) in [6.45, 7) is 0.678. The van der Waals surface area contributed by atoms with Gasteiger partial charge in [-0.2, -0.15) is 17.0 Å². The Balaban J connectivity index is 1.90. The van der Waals surface area contributed by atoms with E-state index < -0.39 is 16.2 Å². The van der Waals surface area contributed by atoms with Gasteiger partial charge in [-0.3, -0.25) is 4.79 Å². The van der Waals surface area contributed by atoms with Crippen LogP contribution in [-0.4, -0.2) is 54.3 Å². The minimum absolute atomic E-state index is 0.0352. The lowest BCUT2D eigenvalue weighted by Gasteiger charge is -2.41. The van der Waals surface area contributed by atoms with Crippen molar-refractivity contribution in [1.29, 1.82) is 0 Å². The molecule has 2 fully saturated rings. The summed E-state index contributed by atoms with van der Waals surface area (Å²) in [5.74, 6) is -0.894. The van der Waals surface area contributed by atoms with E-state index in [0.29, 0.717) is 13.1 Å². The molecule has 1 aliphatic heterocycles. The van der Waals surface area contributed by atoms with Crippen LogP contribution in [-0.2, 0) is 15.0 Å². The third-order valence-corrected chi connectivity index (χ3v) is 6.14. The lowest BCUT2D eigenvalue weighted by atomic mass is 9.96. The molecule has 0 aromatic carbocycles. The van der Waals surface area contributed by atoms with E-state index in [9.17, 15) is 13.2 Å². The molecule has 7 heteroatoms. The fraction of sp³-hybridized carbons (Fsp3) is 0.917. The molecule has 0 radical (unpaired) electrons. The van der Waals surface area contributed by atoms with Crippen LogP contribution in [0.3, 0.4) is 0 Å². The predicted molar refractivity (Wildman–Crippen MR) is 70.9 cm³/mol. The van der Waals surface area contributed by atoms with E-state index in [-0.39, 0.29) is 18.4 Å². The molecular formula is C12H22N2O4S. The van der Waals surface area contributed by atoms with Gasteiger partial charge in [-0.1, -0.05) is 19.3 Å². The Labute approximate surface area is 114 Å². The highest BCUT2D eigenvalue weighted by Gasteiger charge is 2.40. The molecule has 2 rings (SSSR count). The maximum absolute atomic E-state index is 12.3. The molecule has 19 heavy (non-hydrogen) atoms. The zero-order valence-electron chi connectivity index (χ0n) is 11.3. The van der Waals surface area contributed by atoms with Crippen molar-refractivity contribution in [3.8, 4) is 0 Å². The first-order valence-electron chi connectivity index (χ1n) is 6.86. The van der Waals surface area contributed by atoms with Crippen LogP contribution in [0.5, 0.6) is 0 Å². The minimum Gasteiger partial charge on any atom is -0.481 e. The molecule has 1 N–H and O–H groups in total. The van der Waals surface area contributed by atoms with Crippen LogP contribution >= 0.6 is 0 Å². The van der Waals surface area contributed by atoms with Crippen molar-refractivity contribution in [2.75, 3.05) is 20.1 Å². The first kappa shape index (κ1) is 14.7. The molecule has 0 aromatic rings. The van der Waals surface area contributed by atoms with Gasteiger partial charge in [-0.15, -0.1) is 0 Å². The Bertz CT molecular complexity index is 425. The molecule has 0 amide bonds. The molecule has 1 heterocycles. The molecule has 0 atom stereocenters. The van der Waals surface area contributed by atoms with Gasteiger partial charge in [0, 0.05) is 26.2 Å². The number of hydrogen-bond acceptors (Lipinski definition) is 3. The van der Waals surface area contributed by atoms with Gasteiger partial charge in [-0.25, -0.2) is 0 Å². The van der Waals surface area contributed by atoms with Crippen molar-refractivity contribution < 1.29 is 18.3 Å². The summed E-state index contributed by atoms with van der Waals surface area (Å²) in [6, 6.07) is 0.109. The molecule has 1 saturated heterocycles. The van der Waals surface area contributed by atoms with Crippen molar-refractivity contribution in [1.82, 2.24) is 8.61 Å². The molecule has 0 aromatic heterocycles.